The number of nitrogens with zero attached hydrogens (tertiary/aromatic N) is 2. The van der Waals surface area contributed by atoms with Gasteiger partial charge in [-0.15, -0.1) is 0 Å². The van der Waals surface area contributed by atoms with Crippen LogP contribution in [0.25, 0.3) is 11.1 Å². The van der Waals surface area contributed by atoms with Crippen molar-refractivity contribution < 1.29 is 19.4 Å². The van der Waals surface area contributed by atoms with Gasteiger partial charge >= 0.3 is 6.09 Å². The highest BCUT2D eigenvalue weighted by Crippen LogP contribution is 2.45. The number of carbonyl (C=O) groups is 1. The van der Waals surface area contributed by atoms with Gasteiger partial charge in [0, 0.05) is 38.5 Å². The number of anilines is 1. The van der Waals surface area contributed by atoms with Crippen LogP contribution in [-0.4, -0.2) is 62.1 Å². The maximum atomic E-state index is 13.4. The van der Waals surface area contributed by atoms with Crippen molar-refractivity contribution in [2.24, 2.45) is 0 Å². The number of hydrogen-bond acceptors (Lipinski definition) is 5. The summed E-state index contributed by atoms with van der Waals surface area (Å²) in [5.74, 6) is 0.0226. The summed E-state index contributed by atoms with van der Waals surface area (Å²) in [6, 6.07) is 24.3. The molecule has 2 bridgehead atoms. The first-order valence-electron chi connectivity index (χ1n) is 12.7. The van der Waals surface area contributed by atoms with Gasteiger partial charge in [-0.1, -0.05) is 60.7 Å². The highest BCUT2D eigenvalue weighted by atomic mass is 16.6. The Morgan fingerprint density at radius 3 is 2.06 bits per heavy atom. The summed E-state index contributed by atoms with van der Waals surface area (Å²) >= 11 is 0. The van der Waals surface area contributed by atoms with E-state index in [1.807, 2.05) is 72.4 Å². The highest BCUT2D eigenvalue weighted by Gasteiger charge is 2.49. The molecule has 2 aliphatic heterocycles. The Morgan fingerprint density at radius 2 is 1.50 bits per heavy atom. The van der Waals surface area contributed by atoms with Gasteiger partial charge in [0.25, 0.3) is 0 Å². The van der Waals surface area contributed by atoms with Crippen LogP contribution in [0.4, 0.5) is 10.5 Å². The Balaban J connectivity index is 1.19. The Kier molecular flexibility index (Phi) is 5.73. The number of morpholine rings is 1. The predicted molar refractivity (Wildman–Crippen MR) is 139 cm³/mol. The fraction of sp³-hybridized carbons (Fsp3) is 0.367. The monoisotopic (exact) mass is 484 g/mol. The molecule has 3 aromatic carbocycles. The molecule has 3 aliphatic rings. The first-order chi connectivity index (χ1) is 17.4. The average Bonchev–Trinajstić information content (AvgIpc) is 3.20. The van der Waals surface area contributed by atoms with Crippen LogP contribution < -0.4 is 4.90 Å². The largest absolute Gasteiger partial charge is 0.448 e. The number of rotatable bonds is 4. The fourth-order valence-corrected chi connectivity index (χ4v) is 6.25. The zero-order valence-electron chi connectivity index (χ0n) is 20.8. The van der Waals surface area contributed by atoms with E-state index >= 15 is 0 Å². The van der Waals surface area contributed by atoms with E-state index in [-0.39, 0.29) is 24.1 Å². The molecule has 6 nitrogen and oxygen atoms in total. The molecule has 0 spiro atoms. The summed E-state index contributed by atoms with van der Waals surface area (Å²) in [6.45, 7) is 1.09. The van der Waals surface area contributed by atoms with E-state index in [9.17, 15) is 9.90 Å². The maximum Gasteiger partial charge on any atom is 0.410 e. The van der Waals surface area contributed by atoms with Crippen LogP contribution in [0.15, 0.2) is 72.8 Å². The van der Waals surface area contributed by atoms with Gasteiger partial charge in [0.1, 0.15) is 6.61 Å². The van der Waals surface area contributed by atoms with Gasteiger partial charge in [0.05, 0.1) is 30.9 Å². The third-order valence-corrected chi connectivity index (χ3v) is 8.02. The minimum atomic E-state index is -0.996. The molecule has 186 valence electrons. The molecule has 2 unspecified atom stereocenters. The second-order valence-electron chi connectivity index (χ2n) is 10.4. The van der Waals surface area contributed by atoms with Gasteiger partial charge in [-0.25, -0.2) is 4.79 Å². The molecule has 3 aromatic rings. The SMILES string of the molecule is CN(C)c1ccc(C2(O)CC3COCC(C2)N3C(=O)OCC2c3ccccc3-c3ccccc32)cc1. The van der Waals surface area contributed by atoms with Crippen LogP contribution in [0.1, 0.15) is 35.4 Å². The lowest BCUT2D eigenvalue weighted by Gasteiger charge is -2.51. The molecule has 6 heteroatoms. The zero-order chi connectivity index (χ0) is 24.9. The first-order valence-corrected chi connectivity index (χ1v) is 12.7. The second kappa shape index (κ2) is 8.95. The molecule has 1 amide bonds. The molecule has 0 radical (unpaired) electrons. The lowest BCUT2D eigenvalue weighted by atomic mass is 9.77. The smallest absolute Gasteiger partial charge is 0.410 e. The lowest BCUT2D eigenvalue weighted by Crippen LogP contribution is -2.62. The third-order valence-electron chi connectivity index (χ3n) is 8.02. The van der Waals surface area contributed by atoms with Gasteiger partial charge in [0.2, 0.25) is 0 Å². The van der Waals surface area contributed by atoms with E-state index < -0.39 is 5.60 Å². The maximum absolute atomic E-state index is 13.4. The summed E-state index contributed by atoms with van der Waals surface area (Å²) in [5.41, 5.74) is 5.79. The van der Waals surface area contributed by atoms with E-state index in [0.717, 1.165) is 11.3 Å². The van der Waals surface area contributed by atoms with Gasteiger partial charge in [0.15, 0.2) is 0 Å². The van der Waals surface area contributed by atoms with E-state index in [0.29, 0.717) is 32.7 Å². The van der Waals surface area contributed by atoms with Crippen molar-refractivity contribution in [2.45, 2.75) is 36.4 Å². The van der Waals surface area contributed by atoms with Crippen LogP contribution in [0.2, 0.25) is 0 Å². The molecule has 2 atom stereocenters. The minimum absolute atomic E-state index is 0.0226. The van der Waals surface area contributed by atoms with E-state index in [2.05, 4.69) is 24.3 Å². The van der Waals surface area contributed by atoms with E-state index in [1.54, 1.807) is 0 Å². The van der Waals surface area contributed by atoms with E-state index in [4.69, 9.17) is 9.47 Å². The van der Waals surface area contributed by atoms with Gasteiger partial charge in [-0.2, -0.15) is 0 Å². The van der Waals surface area contributed by atoms with Gasteiger partial charge in [-0.3, -0.25) is 4.90 Å². The van der Waals surface area contributed by atoms with Crippen molar-refractivity contribution in [3.05, 3.63) is 89.5 Å². The number of carbonyl (C=O) groups excluding carboxylic acids is 1. The Bertz CT molecular complexity index is 1210. The van der Waals surface area contributed by atoms with Crippen molar-refractivity contribution in [3.8, 4) is 11.1 Å². The van der Waals surface area contributed by atoms with Crippen molar-refractivity contribution >= 4 is 11.8 Å². The average molecular weight is 485 g/mol. The number of hydrogen-bond donors (Lipinski definition) is 1. The Morgan fingerprint density at radius 1 is 0.944 bits per heavy atom. The molecular weight excluding hydrogens is 452 g/mol. The summed E-state index contributed by atoms with van der Waals surface area (Å²) in [6.07, 6.45) is 0.532. The number of amides is 1. The van der Waals surface area contributed by atoms with Crippen LogP contribution >= 0.6 is 0 Å². The molecule has 0 aromatic heterocycles. The van der Waals surface area contributed by atoms with Crippen molar-refractivity contribution in [2.75, 3.05) is 38.8 Å². The Hall–Kier alpha value is -3.35. The minimum Gasteiger partial charge on any atom is -0.448 e. The number of benzene rings is 3. The summed E-state index contributed by atoms with van der Waals surface area (Å²) < 4.78 is 11.8. The predicted octanol–water partition coefficient (Wildman–Crippen LogP) is 4.75. The third kappa shape index (κ3) is 3.85. The standard InChI is InChI=1S/C30H32N2O4/c1-31(2)21-13-11-20(12-14-21)30(34)15-22-17-35-18-23(16-30)32(22)29(33)36-19-28-26-9-5-3-7-24(26)25-8-4-6-10-27(25)28/h3-14,22-23,28,34H,15-19H2,1-2H3. The Labute approximate surface area is 212 Å². The highest BCUT2D eigenvalue weighted by molar-refractivity contribution is 5.79. The lowest BCUT2D eigenvalue weighted by molar-refractivity contribution is -0.136. The van der Waals surface area contributed by atoms with Crippen molar-refractivity contribution in [1.82, 2.24) is 4.90 Å². The number of fused-ring (bicyclic) bond motifs is 5. The molecule has 2 fully saturated rings. The van der Waals surface area contributed by atoms with Gasteiger partial charge in [-0.05, 0) is 39.9 Å². The van der Waals surface area contributed by atoms with Crippen molar-refractivity contribution in [3.63, 3.8) is 0 Å². The molecule has 1 aliphatic carbocycles. The zero-order valence-corrected chi connectivity index (χ0v) is 20.8. The van der Waals surface area contributed by atoms with Crippen LogP contribution in [-0.2, 0) is 15.1 Å². The molecule has 36 heavy (non-hydrogen) atoms. The summed E-state index contributed by atoms with van der Waals surface area (Å²) in [5, 5.41) is 11.7. The van der Waals surface area contributed by atoms with Crippen LogP contribution in [0, 0.1) is 0 Å². The molecule has 2 saturated heterocycles. The quantitative estimate of drug-likeness (QED) is 0.579. The summed E-state index contributed by atoms with van der Waals surface area (Å²) in [4.78, 5) is 17.3. The van der Waals surface area contributed by atoms with Crippen LogP contribution in [0.5, 0.6) is 0 Å². The van der Waals surface area contributed by atoms with Gasteiger partial charge < -0.3 is 19.5 Å². The molecule has 1 N–H and O–H groups in total. The molecular formula is C30H32N2O4. The first kappa shape index (κ1) is 23.1. The molecule has 6 rings (SSSR count). The number of aliphatic hydroxyl groups is 1. The molecule has 2 heterocycles. The fourth-order valence-electron chi connectivity index (χ4n) is 6.25. The number of piperidine rings is 1. The molecule has 0 saturated carbocycles. The van der Waals surface area contributed by atoms with Crippen molar-refractivity contribution in [1.29, 1.82) is 0 Å². The van der Waals surface area contributed by atoms with E-state index in [1.165, 1.54) is 22.3 Å². The second-order valence-corrected chi connectivity index (χ2v) is 10.4. The topological polar surface area (TPSA) is 62.2 Å². The van der Waals surface area contributed by atoms with Crippen LogP contribution in [0.3, 0.4) is 0 Å². The summed E-state index contributed by atoms with van der Waals surface area (Å²) in [7, 11) is 4.00. The normalized spacial score (nSPS) is 24.7. The number of ether oxygens (including phenoxy) is 2.